The zero-order valence-corrected chi connectivity index (χ0v) is 11.2. The summed E-state index contributed by atoms with van der Waals surface area (Å²) in [6.45, 7) is 0. The Morgan fingerprint density at radius 3 is 2.85 bits per heavy atom. The fourth-order valence-corrected chi connectivity index (χ4v) is 2.48. The number of benzene rings is 2. The fourth-order valence-electron chi connectivity index (χ4n) is 2.27. The molecule has 0 radical (unpaired) electrons. The number of carbonyl (C=O) groups excluding carboxylic acids is 1. The lowest BCUT2D eigenvalue weighted by Gasteiger charge is -2.13. The molecule has 20 heavy (non-hydrogen) atoms. The number of nitrogens with one attached hydrogen (secondary N) is 2. The Morgan fingerprint density at radius 1 is 1.30 bits per heavy atom. The molecule has 3 rings (SSSR count). The zero-order chi connectivity index (χ0) is 14.1. The average molecular weight is 291 g/mol. The van der Waals surface area contributed by atoms with E-state index >= 15 is 0 Å². The quantitative estimate of drug-likeness (QED) is 0.889. The third kappa shape index (κ3) is 2.47. The summed E-state index contributed by atoms with van der Waals surface area (Å²) in [5, 5.41) is 6.06. The number of hydrogen-bond donors (Lipinski definition) is 2. The molecule has 2 N–H and O–H groups in total. The summed E-state index contributed by atoms with van der Waals surface area (Å²) in [7, 11) is 0. The molecule has 0 saturated heterocycles. The second-order valence-electron chi connectivity index (χ2n) is 4.67. The number of hydrogen-bond acceptors (Lipinski definition) is 2. The highest BCUT2D eigenvalue weighted by Gasteiger charge is 2.26. The lowest BCUT2D eigenvalue weighted by Crippen LogP contribution is -2.32. The van der Waals surface area contributed by atoms with Gasteiger partial charge in [0.2, 0.25) is 5.91 Å². The number of rotatable bonds is 2. The third-order valence-corrected chi connectivity index (χ3v) is 3.59. The van der Waals surface area contributed by atoms with Crippen LogP contribution < -0.4 is 10.6 Å². The van der Waals surface area contributed by atoms with Gasteiger partial charge in [0.1, 0.15) is 11.9 Å². The van der Waals surface area contributed by atoms with Crippen molar-refractivity contribution in [1.82, 2.24) is 0 Å². The van der Waals surface area contributed by atoms with Crippen LogP contribution in [0.3, 0.4) is 0 Å². The molecule has 1 aliphatic rings. The van der Waals surface area contributed by atoms with Crippen molar-refractivity contribution < 1.29 is 9.18 Å². The molecule has 1 aliphatic heterocycles. The summed E-state index contributed by atoms with van der Waals surface area (Å²) in [4.78, 5) is 12.2. The molecule has 0 aliphatic carbocycles. The van der Waals surface area contributed by atoms with Crippen molar-refractivity contribution in [2.75, 3.05) is 10.6 Å². The monoisotopic (exact) mass is 290 g/mol. The maximum atomic E-state index is 13.0. The fraction of sp³-hybridized carbons (Fsp3) is 0.133. The maximum absolute atomic E-state index is 13.0. The molecule has 0 fully saturated rings. The first-order valence-corrected chi connectivity index (χ1v) is 6.61. The standard InChI is InChI=1S/C15H12ClFN2O/c16-11-8-10(17)5-6-13(11)19-15(20)14-7-9-3-1-2-4-12(9)18-14/h1-6,8,14,18H,7H2,(H,19,20). The van der Waals surface area contributed by atoms with Crippen LogP contribution >= 0.6 is 11.6 Å². The van der Waals surface area contributed by atoms with E-state index < -0.39 is 5.82 Å². The van der Waals surface area contributed by atoms with Crippen LogP contribution in [0.5, 0.6) is 0 Å². The van der Waals surface area contributed by atoms with Gasteiger partial charge >= 0.3 is 0 Å². The van der Waals surface area contributed by atoms with E-state index in [1.165, 1.54) is 18.2 Å². The minimum atomic E-state index is -0.431. The minimum absolute atomic E-state index is 0.185. The van der Waals surface area contributed by atoms with Gasteiger partial charge in [0.05, 0.1) is 10.7 Å². The largest absolute Gasteiger partial charge is 0.373 e. The van der Waals surface area contributed by atoms with Gasteiger partial charge < -0.3 is 10.6 Å². The topological polar surface area (TPSA) is 41.1 Å². The van der Waals surface area contributed by atoms with Crippen LogP contribution in [-0.2, 0) is 11.2 Å². The average Bonchev–Trinajstić information content (AvgIpc) is 2.86. The Kier molecular flexibility index (Phi) is 3.32. The normalized spacial score (nSPS) is 16.4. The molecule has 0 saturated carbocycles. The van der Waals surface area contributed by atoms with Crippen molar-refractivity contribution in [3.05, 3.63) is 58.9 Å². The van der Waals surface area contributed by atoms with Crippen LogP contribution in [0.1, 0.15) is 5.56 Å². The van der Waals surface area contributed by atoms with Gasteiger partial charge in [-0.05, 0) is 29.8 Å². The van der Waals surface area contributed by atoms with E-state index in [4.69, 9.17) is 11.6 Å². The Morgan fingerprint density at radius 2 is 2.10 bits per heavy atom. The summed E-state index contributed by atoms with van der Waals surface area (Å²) in [6, 6.07) is 11.3. The lowest BCUT2D eigenvalue weighted by atomic mass is 10.1. The first-order valence-electron chi connectivity index (χ1n) is 6.24. The molecule has 0 bridgehead atoms. The predicted octanol–water partition coefficient (Wildman–Crippen LogP) is 3.45. The summed E-state index contributed by atoms with van der Waals surface area (Å²) in [5.74, 6) is -0.617. The SMILES string of the molecule is O=C(Nc1ccc(F)cc1Cl)C1Cc2ccccc2N1. The summed E-state index contributed by atoms with van der Waals surface area (Å²) >= 11 is 5.89. The van der Waals surface area contributed by atoms with E-state index in [-0.39, 0.29) is 17.0 Å². The Labute approximate surface area is 120 Å². The van der Waals surface area contributed by atoms with E-state index in [2.05, 4.69) is 10.6 Å². The lowest BCUT2D eigenvalue weighted by molar-refractivity contribution is -0.116. The number of para-hydroxylation sites is 1. The van der Waals surface area contributed by atoms with E-state index in [9.17, 15) is 9.18 Å². The molecule has 3 nitrogen and oxygen atoms in total. The van der Waals surface area contributed by atoms with Gasteiger partial charge in [-0.25, -0.2) is 4.39 Å². The van der Waals surface area contributed by atoms with Gasteiger partial charge in [-0.15, -0.1) is 0 Å². The van der Waals surface area contributed by atoms with Crippen LogP contribution in [-0.4, -0.2) is 11.9 Å². The van der Waals surface area contributed by atoms with E-state index in [0.29, 0.717) is 12.1 Å². The van der Waals surface area contributed by atoms with Crippen LogP contribution in [0.2, 0.25) is 5.02 Å². The van der Waals surface area contributed by atoms with E-state index in [0.717, 1.165) is 11.3 Å². The smallest absolute Gasteiger partial charge is 0.247 e. The van der Waals surface area contributed by atoms with Crippen molar-refractivity contribution in [3.8, 4) is 0 Å². The van der Waals surface area contributed by atoms with E-state index in [1.54, 1.807) is 0 Å². The summed E-state index contributed by atoms with van der Waals surface area (Å²) < 4.78 is 13.0. The van der Waals surface area contributed by atoms with Gasteiger partial charge in [0.15, 0.2) is 0 Å². The van der Waals surface area contributed by atoms with Crippen LogP contribution in [0.15, 0.2) is 42.5 Å². The highest BCUT2D eigenvalue weighted by atomic mass is 35.5. The predicted molar refractivity (Wildman–Crippen MR) is 77.6 cm³/mol. The van der Waals surface area contributed by atoms with Gasteiger partial charge in [0.25, 0.3) is 0 Å². The molecule has 0 aromatic heterocycles. The molecule has 1 unspecified atom stereocenters. The molecule has 0 spiro atoms. The first-order chi connectivity index (χ1) is 9.63. The first kappa shape index (κ1) is 12.9. The Balaban J connectivity index is 1.72. The summed E-state index contributed by atoms with van der Waals surface area (Å²) in [6.07, 6.45) is 0.626. The van der Waals surface area contributed by atoms with Crippen LogP contribution in [0.25, 0.3) is 0 Å². The molecular formula is C15H12ClFN2O. The molecule has 2 aromatic carbocycles. The van der Waals surface area contributed by atoms with Crippen molar-refractivity contribution in [2.24, 2.45) is 0 Å². The number of carbonyl (C=O) groups is 1. The highest BCUT2D eigenvalue weighted by Crippen LogP contribution is 2.27. The third-order valence-electron chi connectivity index (χ3n) is 3.28. The molecule has 1 atom stereocenters. The van der Waals surface area contributed by atoms with Crippen LogP contribution in [0.4, 0.5) is 15.8 Å². The second kappa shape index (κ2) is 5.13. The molecule has 5 heteroatoms. The highest BCUT2D eigenvalue weighted by molar-refractivity contribution is 6.33. The van der Waals surface area contributed by atoms with Gasteiger partial charge in [-0.1, -0.05) is 29.8 Å². The zero-order valence-electron chi connectivity index (χ0n) is 10.5. The Bertz CT molecular complexity index is 650. The molecule has 1 amide bonds. The molecule has 2 aromatic rings. The van der Waals surface area contributed by atoms with Crippen molar-refractivity contribution >= 4 is 28.9 Å². The maximum Gasteiger partial charge on any atom is 0.247 e. The van der Waals surface area contributed by atoms with Crippen molar-refractivity contribution in [3.63, 3.8) is 0 Å². The van der Waals surface area contributed by atoms with Gasteiger partial charge in [-0.2, -0.15) is 0 Å². The van der Waals surface area contributed by atoms with Crippen molar-refractivity contribution in [1.29, 1.82) is 0 Å². The Hall–Kier alpha value is -2.07. The molecule has 102 valence electrons. The number of fused-ring (bicyclic) bond motifs is 1. The van der Waals surface area contributed by atoms with Gasteiger partial charge in [0, 0.05) is 12.1 Å². The molecular weight excluding hydrogens is 279 g/mol. The van der Waals surface area contributed by atoms with Crippen molar-refractivity contribution in [2.45, 2.75) is 12.5 Å². The van der Waals surface area contributed by atoms with Gasteiger partial charge in [-0.3, -0.25) is 4.79 Å². The van der Waals surface area contributed by atoms with Crippen LogP contribution in [0, 0.1) is 5.82 Å². The number of anilines is 2. The summed E-state index contributed by atoms with van der Waals surface area (Å²) in [5.41, 5.74) is 2.49. The number of halogens is 2. The number of amides is 1. The minimum Gasteiger partial charge on any atom is -0.373 e. The molecule has 1 heterocycles. The van der Waals surface area contributed by atoms with E-state index in [1.807, 2.05) is 24.3 Å². The second-order valence-corrected chi connectivity index (χ2v) is 5.08.